The molecule has 0 bridgehead atoms. The van der Waals surface area contributed by atoms with Crippen LogP contribution in [0, 0.1) is 3.57 Å². The molecular weight excluding hydrogens is 411 g/mol. The van der Waals surface area contributed by atoms with Crippen LogP contribution < -0.4 is 5.32 Å². The molecule has 1 heterocycles. The van der Waals surface area contributed by atoms with E-state index in [1.54, 1.807) is 12.1 Å². The molecular formula is C16H11IN2O2S. The molecule has 6 heteroatoms. The molecule has 2 aromatic carbocycles. The van der Waals surface area contributed by atoms with E-state index in [-0.39, 0.29) is 11.7 Å². The largest absolute Gasteiger partial charge is 0.507 e. The SMILES string of the molecule is O=C1NC(=Nc2ccccc2)S/C1=C/c1cc(I)ccc1O. The van der Waals surface area contributed by atoms with Gasteiger partial charge in [0.1, 0.15) is 5.75 Å². The average molecular weight is 422 g/mol. The Kier molecular flexibility index (Phi) is 4.49. The zero-order chi connectivity index (χ0) is 15.5. The van der Waals surface area contributed by atoms with Crippen molar-refractivity contribution in [3.63, 3.8) is 0 Å². The molecule has 0 atom stereocenters. The Balaban J connectivity index is 1.87. The molecule has 1 aliphatic heterocycles. The van der Waals surface area contributed by atoms with Crippen LogP contribution >= 0.6 is 34.4 Å². The monoisotopic (exact) mass is 422 g/mol. The number of hydrogen-bond acceptors (Lipinski definition) is 4. The van der Waals surface area contributed by atoms with Crippen LogP contribution in [0.3, 0.4) is 0 Å². The number of amidine groups is 1. The van der Waals surface area contributed by atoms with Gasteiger partial charge in [-0.25, -0.2) is 4.99 Å². The molecule has 0 aromatic heterocycles. The van der Waals surface area contributed by atoms with E-state index in [2.05, 4.69) is 32.9 Å². The molecule has 22 heavy (non-hydrogen) atoms. The summed E-state index contributed by atoms with van der Waals surface area (Å²) >= 11 is 3.42. The fraction of sp³-hybridized carbons (Fsp3) is 0. The number of hydrogen-bond donors (Lipinski definition) is 2. The van der Waals surface area contributed by atoms with E-state index in [9.17, 15) is 9.90 Å². The summed E-state index contributed by atoms with van der Waals surface area (Å²) in [7, 11) is 0. The minimum Gasteiger partial charge on any atom is -0.507 e. The van der Waals surface area contributed by atoms with Crippen LogP contribution in [0.4, 0.5) is 5.69 Å². The van der Waals surface area contributed by atoms with Gasteiger partial charge in [-0.3, -0.25) is 4.79 Å². The van der Waals surface area contributed by atoms with Crippen LogP contribution in [0.5, 0.6) is 5.75 Å². The van der Waals surface area contributed by atoms with E-state index in [1.165, 1.54) is 11.8 Å². The Bertz CT molecular complexity index is 788. The smallest absolute Gasteiger partial charge is 0.264 e. The zero-order valence-electron chi connectivity index (χ0n) is 11.3. The second kappa shape index (κ2) is 6.53. The van der Waals surface area contributed by atoms with Crippen molar-refractivity contribution in [2.75, 3.05) is 0 Å². The summed E-state index contributed by atoms with van der Waals surface area (Å²) in [6.07, 6.45) is 1.67. The molecule has 1 saturated heterocycles. The average Bonchev–Trinajstić information content (AvgIpc) is 2.84. The van der Waals surface area contributed by atoms with E-state index in [0.717, 1.165) is 9.26 Å². The lowest BCUT2D eigenvalue weighted by Crippen LogP contribution is -2.19. The molecule has 2 aromatic rings. The molecule has 4 nitrogen and oxygen atoms in total. The number of rotatable bonds is 2. The van der Waals surface area contributed by atoms with Crippen molar-refractivity contribution in [3.05, 3.63) is 62.6 Å². The number of benzene rings is 2. The number of thioether (sulfide) groups is 1. The van der Waals surface area contributed by atoms with Crippen LogP contribution in [-0.4, -0.2) is 16.2 Å². The van der Waals surface area contributed by atoms with Gasteiger partial charge in [0.15, 0.2) is 5.17 Å². The molecule has 0 unspecified atom stereocenters. The minimum atomic E-state index is -0.210. The van der Waals surface area contributed by atoms with Crippen molar-refractivity contribution in [1.82, 2.24) is 5.32 Å². The Morgan fingerprint density at radius 2 is 1.95 bits per heavy atom. The summed E-state index contributed by atoms with van der Waals surface area (Å²) in [4.78, 5) is 16.9. The lowest BCUT2D eigenvalue weighted by Gasteiger charge is -2.00. The summed E-state index contributed by atoms with van der Waals surface area (Å²) in [5, 5.41) is 13.1. The molecule has 1 aliphatic rings. The molecule has 1 amide bonds. The van der Waals surface area contributed by atoms with Gasteiger partial charge in [-0.2, -0.15) is 0 Å². The summed E-state index contributed by atoms with van der Waals surface area (Å²) in [5.41, 5.74) is 1.40. The molecule has 2 N–H and O–H groups in total. The normalized spacial score (nSPS) is 18.0. The van der Waals surface area contributed by atoms with Gasteiger partial charge in [0, 0.05) is 9.13 Å². The fourth-order valence-corrected chi connectivity index (χ4v) is 3.23. The van der Waals surface area contributed by atoms with Crippen LogP contribution in [0.15, 0.2) is 58.4 Å². The maximum Gasteiger partial charge on any atom is 0.264 e. The number of amides is 1. The van der Waals surface area contributed by atoms with Gasteiger partial charge in [-0.05, 0) is 70.8 Å². The first-order valence-electron chi connectivity index (χ1n) is 6.45. The lowest BCUT2D eigenvalue weighted by atomic mass is 10.2. The number of halogens is 1. The van der Waals surface area contributed by atoms with Crippen LogP contribution in [0.25, 0.3) is 6.08 Å². The maximum absolute atomic E-state index is 12.0. The summed E-state index contributed by atoms with van der Waals surface area (Å²) < 4.78 is 0.990. The van der Waals surface area contributed by atoms with Crippen molar-refractivity contribution in [2.45, 2.75) is 0 Å². The van der Waals surface area contributed by atoms with Gasteiger partial charge < -0.3 is 10.4 Å². The molecule has 0 spiro atoms. The van der Waals surface area contributed by atoms with Crippen LogP contribution in [0.1, 0.15) is 5.56 Å². The molecule has 0 saturated carbocycles. The highest BCUT2D eigenvalue weighted by Gasteiger charge is 2.24. The zero-order valence-corrected chi connectivity index (χ0v) is 14.3. The lowest BCUT2D eigenvalue weighted by molar-refractivity contribution is -0.115. The highest BCUT2D eigenvalue weighted by atomic mass is 127. The summed E-state index contributed by atoms with van der Waals surface area (Å²) in [6, 6.07) is 14.7. The second-order valence-corrected chi connectivity index (χ2v) is 6.80. The van der Waals surface area contributed by atoms with Crippen LogP contribution in [-0.2, 0) is 4.79 Å². The summed E-state index contributed by atoms with van der Waals surface area (Å²) in [6.45, 7) is 0. The van der Waals surface area contributed by atoms with Gasteiger partial charge in [0.05, 0.1) is 10.6 Å². The van der Waals surface area contributed by atoms with Gasteiger partial charge in [-0.15, -0.1) is 0 Å². The molecule has 110 valence electrons. The number of nitrogens with one attached hydrogen (secondary N) is 1. The molecule has 0 radical (unpaired) electrons. The first-order chi connectivity index (χ1) is 10.6. The van der Waals surface area contributed by atoms with Crippen LogP contribution in [0.2, 0.25) is 0 Å². The van der Waals surface area contributed by atoms with Gasteiger partial charge >= 0.3 is 0 Å². The maximum atomic E-state index is 12.0. The van der Waals surface area contributed by atoms with Crippen molar-refractivity contribution in [1.29, 1.82) is 0 Å². The summed E-state index contributed by atoms with van der Waals surface area (Å²) in [5.74, 6) is -0.0623. The third-order valence-corrected chi connectivity index (χ3v) is 4.49. The predicted octanol–water partition coefficient (Wildman–Crippen LogP) is 3.89. The topological polar surface area (TPSA) is 61.7 Å². The van der Waals surface area contributed by atoms with Crippen molar-refractivity contribution in [3.8, 4) is 5.75 Å². The number of carbonyl (C=O) groups is 1. The first-order valence-corrected chi connectivity index (χ1v) is 8.34. The van der Waals surface area contributed by atoms with E-state index < -0.39 is 0 Å². The van der Waals surface area contributed by atoms with E-state index in [0.29, 0.717) is 15.6 Å². The van der Waals surface area contributed by atoms with Gasteiger partial charge in [-0.1, -0.05) is 18.2 Å². The van der Waals surface area contributed by atoms with Gasteiger partial charge in [0.2, 0.25) is 0 Å². The number of aromatic hydroxyl groups is 1. The highest BCUT2D eigenvalue weighted by Crippen LogP contribution is 2.30. The number of para-hydroxylation sites is 1. The van der Waals surface area contributed by atoms with E-state index in [4.69, 9.17) is 0 Å². The third-order valence-electron chi connectivity index (χ3n) is 2.91. The molecule has 1 fully saturated rings. The molecule has 3 rings (SSSR count). The Morgan fingerprint density at radius 3 is 2.73 bits per heavy atom. The fourth-order valence-electron chi connectivity index (χ4n) is 1.88. The van der Waals surface area contributed by atoms with Crippen molar-refractivity contribution in [2.24, 2.45) is 4.99 Å². The Morgan fingerprint density at radius 1 is 1.18 bits per heavy atom. The van der Waals surface area contributed by atoms with E-state index in [1.807, 2.05) is 42.5 Å². The number of phenols is 1. The second-order valence-electron chi connectivity index (χ2n) is 4.52. The van der Waals surface area contributed by atoms with Crippen molar-refractivity contribution >= 4 is 57.2 Å². The number of nitrogens with zero attached hydrogens (tertiary/aromatic N) is 1. The molecule has 0 aliphatic carbocycles. The number of carbonyl (C=O) groups excluding carboxylic acids is 1. The quantitative estimate of drug-likeness (QED) is 0.571. The van der Waals surface area contributed by atoms with Gasteiger partial charge in [0.25, 0.3) is 5.91 Å². The van der Waals surface area contributed by atoms with Crippen molar-refractivity contribution < 1.29 is 9.90 Å². The standard InChI is InChI=1S/C16H11IN2O2S/c17-11-6-7-13(20)10(8-11)9-14-15(21)19-16(22-14)18-12-4-2-1-3-5-12/h1-9,20H,(H,18,19,21)/b14-9+. The Labute approximate surface area is 145 Å². The Hall–Kier alpha value is -1.80. The van der Waals surface area contributed by atoms with E-state index >= 15 is 0 Å². The number of phenolic OH excluding ortho intramolecular Hbond substituents is 1. The predicted molar refractivity (Wildman–Crippen MR) is 98.1 cm³/mol. The highest BCUT2D eigenvalue weighted by molar-refractivity contribution is 14.1. The first kappa shape index (κ1) is 15.1. The third kappa shape index (κ3) is 3.50. The minimum absolute atomic E-state index is 0.148. The number of aliphatic imine (C=N–C) groups is 1.